The van der Waals surface area contributed by atoms with E-state index in [9.17, 15) is 0 Å². The predicted molar refractivity (Wildman–Crippen MR) is 67.2 cm³/mol. The summed E-state index contributed by atoms with van der Waals surface area (Å²) in [6, 6.07) is 1.78. The van der Waals surface area contributed by atoms with Crippen LogP contribution in [0.25, 0.3) is 0 Å². The highest BCUT2D eigenvalue weighted by molar-refractivity contribution is 5.38. The highest BCUT2D eigenvalue weighted by Gasteiger charge is 2.04. The number of ether oxygens (including phenoxy) is 2. The van der Waals surface area contributed by atoms with E-state index in [1.165, 1.54) is 0 Å². The van der Waals surface area contributed by atoms with Crippen LogP contribution in [0.5, 0.6) is 5.88 Å². The molecule has 0 aliphatic carbocycles. The predicted octanol–water partition coefficient (Wildman–Crippen LogP) is 2.01. The minimum Gasteiger partial charge on any atom is -0.473 e. The summed E-state index contributed by atoms with van der Waals surface area (Å²) in [5.41, 5.74) is 0. The van der Waals surface area contributed by atoms with Gasteiger partial charge in [0.15, 0.2) is 5.82 Å². The van der Waals surface area contributed by atoms with Crippen molar-refractivity contribution in [2.24, 2.45) is 0 Å². The molecule has 0 bridgehead atoms. The Bertz CT molecular complexity index is 343. The summed E-state index contributed by atoms with van der Waals surface area (Å²) in [5.74, 6) is 1.92. The smallest absolute Gasteiger partial charge is 0.219 e. The maximum absolute atomic E-state index is 5.49. The monoisotopic (exact) mass is 237 g/mol. The fourth-order valence-electron chi connectivity index (χ4n) is 1.24. The molecule has 0 atom stereocenters. The Hall–Kier alpha value is -1.62. The van der Waals surface area contributed by atoms with Gasteiger partial charge in [-0.05, 0) is 13.8 Å². The van der Waals surface area contributed by atoms with Crippen LogP contribution < -0.4 is 10.1 Å². The van der Waals surface area contributed by atoms with Crippen molar-refractivity contribution in [2.45, 2.75) is 20.5 Å². The van der Waals surface area contributed by atoms with Gasteiger partial charge in [-0.1, -0.05) is 12.2 Å². The fraction of sp³-hybridized carbons (Fsp3) is 0.500. The molecule has 1 aromatic heterocycles. The fourth-order valence-corrected chi connectivity index (χ4v) is 1.24. The Labute approximate surface area is 102 Å². The summed E-state index contributed by atoms with van der Waals surface area (Å²) in [6.45, 7) is 5.64. The van der Waals surface area contributed by atoms with Crippen LogP contribution in [0.2, 0.25) is 0 Å². The van der Waals surface area contributed by atoms with Crippen LogP contribution in [0, 0.1) is 0 Å². The normalized spacial score (nSPS) is 10.8. The van der Waals surface area contributed by atoms with Crippen LogP contribution in [-0.4, -0.2) is 30.2 Å². The summed E-state index contributed by atoms with van der Waals surface area (Å²) in [5, 5.41) is 3.13. The molecule has 0 aliphatic rings. The number of allylic oxidation sites excluding steroid dienone is 1. The second kappa shape index (κ2) is 7.62. The molecule has 1 N–H and O–H groups in total. The van der Waals surface area contributed by atoms with Gasteiger partial charge in [0.2, 0.25) is 5.88 Å². The maximum Gasteiger partial charge on any atom is 0.219 e. The molecule has 0 saturated heterocycles. The highest BCUT2D eigenvalue weighted by Crippen LogP contribution is 2.14. The van der Waals surface area contributed by atoms with Crippen LogP contribution in [0.4, 0.5) is 5.82 Å². The van der Waals surface area contributed by atoms with Crippen molar-refractivity contribution in [1.82, 2.24) is 9.97 Å². The van der Waals surface area contributed by atoms with E-state index >= 15 is 0 Å². The average molecular weight is 237 g/mol. The van der Waals surface area contributed by atoms with Gasteiger partial charge in [0.25, 0.3) is 0 Å². The van der Waals surface area contributed by atoms with Crippen molar-refractivity contribution in [1.29, 1.82) is 0 Å². The molecule has 0 aliphatic heterocycles. The summed E-state index contributed by atoms with van der Waals surface area (Å²) in [7, 11) is 1.61. The molecule has 1 heterocycles. The summed E-state index contributed by atoms with van der Waals surface area (Å²) in [4.78, 5) is 8.54. The number of nitrogens with zero attached hydrogens (tertiary/aromatic N) is 2. The summed E-state index contributed by atoms with van der Waals surface area (Å²) < 4.78 is 10.5. The largest absolute Gasteiger partial charge is 0.473 e. The first kappa shape index (κ1) is 13.4. The molecule has 0 radical (unpaired) electrons. The number of hydrogen-bond donors (Lipinski definition) is 1. The van der Waals surface area contributed by atoms with Gasteiger partial charge in [0.05, 0.1) is 0 Å². The van der Waals surface area contributed by atoms with Crippen molar-refractivity contribution in [3.63, 3.8) is 0 Å². The van der Waals surface area contributed by atoms with Crippen molar-refractivity contribution < 1.29 is 9.47 Å². The van der Waals surface area contributed by atoms with E-state index < -0.39 is 0 Å². The molecule has 0 amide bonds. The van der Waals surface area contributed by atoms with Crippen LogP contribution in [0.1, 0.15) is 19.7 Å². The molecule has 1 rings (SSSR count). The Morgan fingerprint density at radius 3 is 2.88 bits per heavy atom. The van der Waals surface area contributed by atoms with Gasteiger partial charge in [0.1, 0.15) is 19.0 Å². The van der Waals surface area contributed by atoms with Crippen molar-refractivity contribution >= 4 is 5.82 Å². The maximum atomic E-state index is 5.49. The van der Waals surface area contributed by atoms with Crippen LogP contribution in [0.15, 0.2) is 18.2 Å². The van der Waals surface area contributed by atoms with Gasteiger partial charge in [-0.2, -0.15) is 4.98 Å². The minimum absolute atomic E-state index is 0.374. The van der Waals surface area contributed by atoms with Gasteiger partial charge < -0.3 is 14.8 Å². The van der Waals surface area contributed by atoms with Crippen molar-refractivity contribution in [2.75, 3.05) is 25.6 Å². The van der Waals surface area contributed by atoms with Crippen molar-refractivity contribution in [3.8, 4) is 5.88 Å². The molecule has 17 heavy (non-hydrogen) atoms. The van der Waals surface area contributed by atoms with E-state index in [1.54, 1.807) is 13.2 Å². The first-order valence-corrected chi connectivity index (χ1v) is 5.64. The zero-order valence-electron chi connectivity index (χ0n) is 10.6. The molecule has 94 valence electrons. The lowest BCUT2D eigenvalue weighted by atomic mass is 10.5. The number of rotatable bonds is 7. The van der Waals surface area contributed by atoms with E-state index in [2.05, 4.69) is 15.3 Å². The molecular formula is C12H19N3O2. The molecule has 5 heteroatoms. The summed E-state index contributed by atoms with van der Waals surface area (Å²) in [6.07, 6.45) is 3.85. The minimum atomic E-state index is 0.374. The van der Waals surface area contributed by atoms with Gasteiger partial charge in [0, 0.05) is 19.7 Å². The second-order valence-electron chi connectivity index (χ2n) is 3.35. The molecular weight excluding hydrogens is 218 g/mol. The van der Waals surface area contributed by atoms with Crippen LogP contribution in [-0.2, 0) is 11.3 Å². The Morgan fingerprint density at radius 2 is 2.24 bits per heavy atom. The van der Waals surface area contributed by atoms with E-state index in [1.807, 2.05) is 26.0 Å². The number of nitrogens with one attached hydrogen (secondary N) is 1. The van der Waals surface area contributed by atoms with Gasteiger partial charge in [-0.15, -0.1) is 0 Å². The highest BCUT2D eigenvalue weighted by atomic mass is 16.5. The second-order valence-corrected chi connectivity index (χ2v) is 3.35. The number of hydrogen-bond acceptors (Lipinski definition) is 5. The molecule has 0 unspecified atom stereocenters. The number of methoxy groups -OCH3 is 1. The average Bonchev–Trinajstić information content (AvgIpc) is 2.30. The molecule has 1 aromatic rings. The topological polar surface area (TPSA) is 56.3 Å². The van der Waals surface area contributed by atoms with Gasteiger partial charge in [-0.25, -0.2) is 4.98 Å². The molecule has 0 saturated carbocycles. The Balaban J connectivity index is 2.78. The van der Waals surface area contributed by atoms with Crippen LogP contribution in [0.3, 0.4) is 0 Å². The lowest BCUT2D eigenvalue weighted by molar-refractivity contribution is 0.176. The third-order valence-corrected chi connectivity index (χ3v) is 1.94. The van der Waals surface area contributed by atoms with E-state index in [0.717, 1.165) is 12.4 Å². The van der Waals surface area contributed by atoms with E-state index in [-0.39, 0.29) is 0 Å². The summed E-state index contributed by atoms with van der Waals surface area (Å²) >= 11 is 0. The van der Waals surface area contributed by atoms with Crippen LogP contribution >= 0.6 is 0 Å². The van der Waals surface area contributed by atoms with E-state index in [0.29, 0.717) is 24.9 Å². The number of anilines is 1. The lowest BCUT2D eigenvalue weighted by Gasteiger charge is -2.08. The quantitative estimate of drug-likeness (QED) is 0.735. The first-order valence-electron chi connectivity index (χ1n) is 5.64. The zero-order chi connectivity index (χ0) is 12.5. The van der Waals surface area contributed by atoms with Gasteiger partial charge >= 0.3 is 0 Å². The third kappa shape index (κ3) is 4.82. The number of aromatic nitrogens is 2. The Morgan fingerprint density at radius 1 is 1.41 bits per heavy atom. The first-order chi connectivity index (χ1) is 8.30. The Kier molecular flexibility index (Phi) is 6.03. The molecule has 0 aromatic carbocycles. The lowest BCUT2D eigenvalue weighted by Crippen LogP contribution is -2.06. The zero-order valence-corrected chi connectivity index (χ0v) is 10.6. The molecule has 5 nitrogen and oxygen atoms in total. The SMILES string of the molecule is C/C=C/COc1cc(NCC)nc(COC)n1. The molecule has 0 spiro atoms. The standard InChI is InChI=1S/C12H19N3O2/c1-4-6-7-17-12-8-10(13-5-2)14-11(15-12)9-16-3/h4,6,8H,5,7,9H2,1-3H3,(H,13,14,15)/b6-4+. The van der Waals surface area contributed by atoms with E-state index in [4.69, 9.17) is 9.47 Å². The van der Waals surface area contributed by atoms with Gasteiger partial charge in [-0.3, -0.25) is 0 Å². The molecule has 0 fully saturated rings. The van der Waals surface area contributed by atoms with Crippen molar-refractivity contribution in [3.05, 3.63) is 24.0 Å². The third-order valence-electron chi connectivity index (χ3n) is 1.94.